The van der Waals surface area contributed by atoms with Gasteiger partial charge in [0.15, 0.2) is 0 Å². The lowest BCUT2D eigenvalue weighted by atomic mass is 10.2. The van der Waals surface area contributed by atoms with Crippen LogP contribution in [-0.2, 0) is 0 Å². The maximum Gasteiger partial charge on any atom is 0.277 e. The van der Waals surface area contributed by atoms with Crippen molar-refractivity contribution in [3.63, 3.8) is 0 Å². The van der Waals surface area contributed by atoms with Crippen molar-refractivity contribution in [3.05, 3.63) is 78.2 Å². The quantitative estimate of drug-likeness (QED) is 0.694. The predicted molar refractivity (Wildman–Crippen MR) is 105 cm³/mol. The molecule has 0 aliphatic rings. The highest BCUT2D eigenvalue weighted by molar-refractivity contribution is 6.05. The third kappa shape index (κ3) is 3.72. The molecule has 0 aliphatic carbocycles. The summed E-state index contributed by atoms with van der Waals surface area (Å²) in [7, 11) is 1.92. The topological polar surface area (TPSA) is 49.3 Å². The van der Waals surface area contributed by atoms with E-state index in [1.807, 2.05) is 80.4 Å². The first-order valence-electron chi connectivity index (χ1n) is 8.59. The number of benzene rings is 2. The van der Waals surface area contributed by atoms with Crippen molar-refractivity contribution in [1.29, 1.82) is 0 Å². The summed E-state index contributed by atoms with van der Waals surface area (Å²) in [4.78, 5) is 25.2. The molecule has 2 aromatic carbocycles. The van der Waals surface area contributed by atoms with Gasteiger partial charge in [-0.1, -0.05) is 30.3 Å². The lowest BCUT2D eigenvalue weighted by molar-refractivity contribution is 0.0983. The highest BCUT2D eigenvalue weighted by Crippen LogP contribution is 2.23. The van der Waals surface area contributed by atoms with Crippen molar-refractivity contribution in [3.8, 4) is 0 Å². The minimum atomic E-state index is -0.136. The number of anilines is 3. The molecule has 1 aromatic heterocycles. The zero-order chi connectivity index (χ0) is 18.5. The number of rotatable bonds is 5. The standard InChI is InChI=1S/C21H22N4O/c1-4-25(18-12-8-9-16(2)13-18)21(26)19-14-20(23-15-22-19)24(3)17-10-6-5-7-11-17/h5-15H,4H2,1-3H3. The molecule has 0 N–H and O–H groups in total. The molecule has 0 fully saturated rings. The highest BCUT2D eigenvalue weighted by atomic mass is 16.2. The summed E-state index contributed by atoms with van der Waals surface area (Å²) in [6.45, 7) is 4.54. The second kappa shape index (κ2) is 7.78. The number of aryl methyl sites for hydroxylation is 1. The maximum atomic E-state index is 13.0. The Morgan fingerprint density at radius 2 is 1.69 bits per heavy atom. The first-order valence-corrected chi connectivity index (χ1v) is 8.59. The van der Waals surface area contributed by atoms with E-state index >= 15 is 0 Å². The Morgan fingerprint density at radius 3 is 2.38 bits per heavy atom. The third-order valence-electron chi connectivity index (χ3n) is 4.23. The zero-order valence-electron chi connectivity index (χ0n) is 15.3. The van der Waals surface area contributed by atoms with Crippen LogP contribution in [0.2, 0.25) is 0 Å². The average molecular weight is 346 g/mol. The minimum absolute atomic E-state index is 0.136. The largest absolute Gasteiger partial charge is 0.329 e. The van der Waals surface area contributed by atoms with Crippen LogP contribution < -0.4 is 9.80 Å². The molecular weight excluding hydrogens is 324 g/mol. The predicted octanol–water partition coefficient (Wildman–Crippen LogP) is 4.22. The Kier molecular flexibility index (Phi) is 5.27. The highest BCUT2D eigenvalue weighted by Gasteiger charge is 2.19. The zero-order valence-corrected chi connectivity index (χ0v) is 15.3. The van der Waals surface area contributed by atoms with Crippen LogP contribution in [0.1, 0.15) is 23.0 Å². The molecule has 3 aromatic rings. The van der Waals surface area contributed by atoms with E-state index in [2.05, 4.69) is 9.97 Å². The third-order valence-corrected chi connectivity index (χ3v) is 4.23. The molecule has 0 aliphatic heterocycles. The van der Waals surface area contributed by atoms with E-state index < -0.39 is 0 Å². The molecule has 0 unspecified atom stereocenters. The van der Waals surface area contributed by atoms with E-state index in [0.29, 0.717) is 18.1 Å². The van der Waals surface area contributed by atoms with Crippen molar-refractivity contribution in [2.45, 2.75) is 13.8 Å². The van der Waals surface area contributed by atoms with Gasteiger partial charge >= 0.3 is 0 Å². The van der Waals surface area contributed by atoms with Crippen molar-refractivity contribution in [1.82, 2.24) is 9.97 Å². The molecule has 0 saturated heterocycles. The molecule has 132 valence electrons. The van der Waals surface area contributed by atoms with Gasteiger partial charge in [-0.25, -0.2) is 9.97 Å². The van der Waals surface area contributed by atoms with Crippen LogP contribution in [0.15, 0.2) is 67.0 Å². The molecule has 1 heterocycles. The van der Waals surface area contributed by atoms with Gasteiger partial charge in [-0.2, -0.15) is 0 Å². The molecule has 5 nitrogen and oxygen atoms in total. The van der Waals surface area contributed by atoms with E-state index in [1.165, 1.54) is 6.33 Å². The summed E-state index contributed by atoms with van der Waals surface area (Å²) >= 11 is 0. The van der Waals surface area contributed by atoms with Crippen LogP contribution in [0.4, 0.5) is 17.2 Å². The lowest BCUT2D eigenvalue weighted by Gasteiger charge is -2.22. The van der Waals surface area contributed by atoms with Gasteiger partial charge in [0.05, 0.1) is 0 Å². The fraction of sp³-hybridized carbons (Fsp3) is 0.190. The van der Waals surface area contributed by atoms with Crippen LogP contribution in [0.25, 0.3) is 0 Å². The molecule has 0 saturated carbocycles. The molecule has 0 radical (unpaired) electrons. The summed E-state index contributed by atoms with van der Waals surface area (Å²) in [6, 6.07) is 19.5. The summed E-state index contributed by atoms with van der Waals surface area (Å²) in [5, 5.41) is 0. The molecular formula is C21H22N4O. The van der Waals surface area contributed by atoms with Crippen molar-refractivity contribution in [2.24, 2.45) is 0 Å². The number of nitrogens with zero attached hydrogens (tertiary/aromatic N) is 4. The number of hydrogen-bond acceptors (Lipinski definition) is 4. The monoisotopic (exact) mass is 346 g/mol. The number of aromatic nitrogens is 2. The van der Waals surface area contributed by atoms with Gasteiger partial charge in [-0.3, -0.25) is 4.79 Å². The summed E-state index contributed by atoms with van der Waals surface area (Å²) in [6.07, 6.45) is 1.44. The fourth-order valence-corrected chi connectivity index (χ4v) is 2.81. The number of hydrogen-bond donors (Lipinski definition) is 0. The fourth-order valence-electron chi connectivity index (χ4n) is 2.81. The summed E-state index contributed by atoms with van der Waals surface area (Å²) in [5.41, 5.74) is 3.35. The smallest absolute Gasteiger partial charge is 0.277 e. The summed E-state index contributed by atoms with van der Waals surface area (Å²) < 4.78 is 0. The second-order valence-corrected chi connectivity index (χ2v) is 6.04. The number of para-hydroxylation sites is 1. The Bertz CT molecular complexity index is 895. The Balaban J connectivity index is 1.90. The van der Waals surface area contributed by atoms with Crippen molar-refractivity contribution < 1.29 is 4.79 Å². The molecule has 5 heteroatoms. The lowest BCUT2D eigenvalue weighted by Crippen LogP contribution is -2.31. The van der Waals surface area contributed by atoms with Gasteiger partial charge in [0.25, 0.3) is 5.91 Å². The van der Waals surface area contributed by atoms with Gasteiger partial charge in [-0.05, 0) is 43.7 Å². The van der Waals surface area contributed by atoms with Crippen LogP contribution in [0, 0.1) is 6.92 Å². The van der Waals surface area contributed by atoms with E-state index in [0.717, 1.165) is 16.9 Å². The Labute approximate surface area is 153 Å². The van der Waals surface area contributed by atoms with Crippen molar-refractivity contribution >= 4 is 23.1 Å². The molecule has 0 atom stereocenters. The minimum Gasteiger partial charge on any atom is -0.329 e. The van der Waals surface area contributed by atoms with E-state index in [1.54, 1.807) is 11.0 Å². The average Bonchev–Trinajstić information content (AvgIpc) is 2.69. The van der Waals surface area contributed by atoms with Gasteiger partial charge in [0, 0.05) is 31.0 Å². The second-order valence-electron chi connectivity index (χ2n) is 6.04. The molecule has 1 amide bonds. The van der Waals surface area contributed by atoms with E-state index in [9.17, 15) is 4.79 Å². The van der Waals surface area contributed by atoms with Gasteiger partial charge in [0.1, 0.15) is 17.8 Å². The van der Waals surface area contributed by atoms with Crippen LogP contribution in [0.3, 0.4) is 0 Å². The maximum absolute atomic E-state index is 13.0. The van der Waals surface area contributed by atoms with Gasteiger partial charge < -0.3 is 9.80 Å². The Morgan fingerprint density at radius 1 is 0.962 bits per heavy atom. The summed E-state index contributed by atoms with van der Waals surface area (Å²) in [5.74, 6) is 0.540. The van der Waals surface area contributed by atoms with Crippen LogP contribution in [0.5, 0.6) is 0 Å². The SMILES string of the molecule is CCN(C(=O)c1cc(N(C)c2ccccc2)ncn1)c1cccc(C)c1. The van der Waals surface area contributed by atoms with Crippen LogP contribution >= 0.6 is 0 Å². The van der Waals surface area contributed by atoms with E-state index in [4.69, 9.17) is 0 Å². The first-order chi connectivity index (χ1) is 12.6. The van der Waals surface area contributed by atoms with Crippen LogP contribution in [-0.4, -0.2) is 29.5 Å². The number of carbonyl (C=O) groups is 1. The number of amides is 1. The number of carbonyl (C=O) groups excluding carboxylic acids is 1. The molecule has 0 bridgehead atoms. The van der Waals surface area contributed by atoms with Gasteiger partial charge in [0.2, 0.25) is 0 Å². The normalized spacial score (nSPS) is 10.4. The van der Waals surface area contributed by atoms with Gasteiger partial charge in [-0.15, -0.1) is 0 Å². The molecule has 3 rings (SSSR count). The molecule has 0 spiro atoms. The molecule has 26 heavy (non-hydrogen) atoms. The first kappa shape index (κ1) is 17.6. The van der Waals surface area contributed by atoms with Crippen molar-refractivity contribution in [2.75, 3.05) is 23.4 Å². The Hall–Kier alpha value is -3.21. The van der Waals surface area contributed by atoms with E-state index in [-0.39, 0.29) is 5.91 Å².